The van der Waals surface area contributed by atoms with E-state index < -0.39 is 17.6 Å². The minimum atomic E-state index is -1.23. The van der Waals surface area contributed by atoms with Crippen LogP contribution < -0.4 is 5.32 Å². The zero-order valence-corrected chi connectivity index (χ0v) is 11.7. The molecule has 0 bridgehead atoms. The summed E-state index contributed by atoms with van der Waals surface area (Å²) in [6, 6.07) is 9.52. The van der Waals surface area contributed by atoms with Gasteiger partial charge in [-0.1, -0.05) is 28.9 Å². The number of ketones is 1. The predicted molar refractivity (Wildman–Crippen MR) is 74.7 cm³/mol. The van der Waals surface area contributed by atoms with Gasteiger partial charge >= 0.3 is 0 Å². The highest BCUT2D eigenvalue weighted by Crippen LogP contribution is 2.20. The maximum Gasteiger partial charge on any atom is 0.294 e. The van der Waals surface area contributed by atoms with E-state index in [0.717, 1.165) is 0 Å². The van der Waals surface area contributed by atoms with Crippen LogP contribution in [0.25, 0.3) is 0 Å². The molecular formula is C14H10ClN3O3. The van der Waals surface area contributed by atoms with Gasteiger partial charge in [0.2, 0.25) is 5.78 Å². The summed E-state index contributed by atoms with van der Waals surface area (Å²) in [6.45, 7) is 1.65. The van der Waals surface area contributed by atoms with Gasteiger partial charge in [0.15, 0.2) is 5.82 Å². The van der Waals surface area contributed by atoms with E-state index >= 15 is 0 Å². The van der Waals surface area contributed by atoms with Crippen LogP contribution in [0.4, 0.5) is 5.82 Å². The average Bonchev–Trinajstić information content (AvgIpc) is 2.85. The summed E-state index contributed by atoms with van der Waals surface area (Å²) in [5.74, 6) is -2.44. The number of nitrogens with zero attached hydrogens (tertiary/aromatic N) is 2. The third kappa shape index (κ3) is 3.46. The van der Waals surface area contributed by atoms with E-state index in [1.54, 1.807) is 31.2 Å². The molecule has 0 fully saturated rings. The first-order chi connectivity index (χ1) is 10.0. The number of hydrogen-bond donors (Lipinski definition) is 1. The molecule has 0 saturated carbocycles. The number of aromatic nitrogens is 1. The van der Waals surface area contributed by atoms with Crippen molar-refractivity contribution in [3.8, 4) is 6.07 Å². The van der Waals surface area contributed by atoms with Crippen molar-refractivity contribution >= 4 is 29.1 Å². The van der Waals surface area contributed by atoms with Crippen LogP contribution in [0.15, 0.2) is 34.9 Å². The summed E-state index contributed by atoms with van der Waals surface area (Å²) in [7, 11) is 0. The zero-order chi connectivity index (χ0) is 15.4. The van der Waals surface area contributed by atoms with Crippen molar-refractivity contribution in [2.45, 2.75) is 12.8 Å². The molecule has 0 aliphatic carbocycles. The maximum atomic E-state index is 12.1. The molecule has 0 spiro atoms. The standard InChI is InChI=1S/C14H10ClN3O3/c1-8-5-12(18-21-8)17-14(20)13(19)11(7-16)9-3-2-4-10(15)6-9/h2-6,11H,1H3,(H,17,18,20)/t11-/m1/s1. The van der Waals surface area contributed by atoms with Crippen LogP contribution in [0.1, 0.15) is 17.2 Å². The van der Waals surface area contributed by atoms with Crippen molar-refractivity contribution < 1.29 is 14.1 Å². The predicted octanol–water partition coefficient (Wildman–Crippen LogP) is 2.45. The third-order valence-electron chi connectivity index (χ3n) is 2.67. The second kappa shape index (κ2) is 6.20. The number of nitrogens with one attached hydrogen (secondary N) is 1. The van der Waals surface area contributed by atoms with E-state index in [1.165, 1.54) is 12.1 Å². The van der Waals surface area contributed by atoms with Gasteiger partial charge in [0, 0.05) is 11.1 Å². The molecule has 2 aromatic rings. The number of carbonyl (C=O) groups is 2. The average molecular weight is 304 g/mol. The Balaban J connectivity index is 2.17. The van der Waals surface area contributed by atoms with E-state index in [2.05, 4.69) is 10.5 Å². The molecular weight excluding hydrogens is 294 g/mol. The molecule has 1 N–H and O–H groups in total. The number of carbonyl (C=O) groups excluding carboxylic acids is 2. The van der Waals surface area contributed by atoms with E-state index in [-0.39, 0.29) is 5.82 Å². The minimum absolute atomic E-state index is 0.119. The van der Waals surface area contributed by atoms with Crippen LogP contribution in [-0.4, -0.2) is 16.8 Å². The molecule has 1 amide bonds. The summed E-state index contributed by atoms with van der Waals surface area (Å²) in [5.41, 5.74) is 0.362. The number of hydrogen-bond acceptors (Lipinski definition) is 5. The van der Waals surface area contributed by atoms with Gasteiger partial charge in [0.05, 0.1) is 6.07 Å². The first-order valence-electron chi connectivity index (χ1n) is 5.95. The van der Waals surface area contributed by atoms with Crippen LogP contribution in [-0.2, 0) is 9.59 Å². The molecule has 106 valence electrons. The topological polar surface area (TPSA) is 96.0 Å². The number of amides is 1. The van der Waals surface area contributed by atoms with Crippen LogP contribution in [0, 0.1) is 18.3 Å². The minimum Gasteiger partial charge on any atom is -0.360 e. The Morgan fingerprint density at radius 3 is 2.76 bits per heavy atom. The van der Waals surface area contributed by atoms with Gasteiger partial charge in [0.25, 0.3) is 5.91 Å². The van der Waals surface area contributed by atoms with Crippen molar-refractivity contribution in [2.75, 3.05) is 5.32 Å². The number of anilines is 1. The Morgan fingerprint density at radius 1 is 1.43 bits per heavy atom. The van der Waals surface area contributed by atoms with Crippen molar-refractivity contribution in [2.24, 2.45) is 0 Å². The van der Waals surface area contributed by atoms with Crippen LogP contribution in [0.2, 0.25) is 5.02 Å². The van der Waals surface area contributed by atoms with Gasteiger partial charge in [0.1, 0.15) is 11.7 Å². The Hall–Kier alpha value is -2.65. The van der Waals surface area contributed by atoms with Crippen molar-refractivity contribution in [1.29, 1.82) is 5.26 Å². The number of halogens is 1. The van der Waals surface area contributed by atoms with E-state index in [1.807, 2.05) is 0 Å². The summed E-state index contributed by atoms with van der Waals surface area (Å²) in [5, 5.41) is 15.3. The fourth-order valence-electron chi connectivity index (χ4n) is 1.71. The van der Waals surface area contributed by atoms with Gasteiger partial charge in [-0.2, -0.15) is 5.26 Å². The summed E-state index contributed by atoms with van der Waals surface area (Å²) < 4.78 is 4.77. The lowest BCUT2D eigenvalue weighted by Crippen LogP contribution is -2.27. The van der Waals surface area contributed by atoms with Gasteiger partial charge in [-0.25, -0.2) is 0 Å². The van der Waals surface area contributed by atoms with Crippen LogP contribution in [0.3, 0.4) is 0 Å². The number of nitriles is 1. The summed E-state index contributed by atoms with van der Waals surface area (Å²) in [6.07, 6.45) is 0. The van der Waals surface area contributed by atoms with Gasteiger partial charge in [-0.15, -0.1) is 0 Å². The molecule has 6 nitrogen and oxygen atoms in total. The summed E-state index contributed by atoms with van der Waals surface area (Å²) >= 11 is 5.82. The second-order valence-corrected chi connectivity index (χ2v) is 4.69. The van der Waals surface area contributed by atoms with Crippen molar-refractivity contribution in [3.05, 3.63) is 46.7 Å². The number of benzene rings is 1. The fourth-order valence-corrected chi connectivity index (χ4v) is 1.90. The Bertz CT molecular complexity index is 733. The zero-order valence-electron chi connectivity index (χ0n) is 11.0. The largest absolute Gasteiger partial charge is 0.360 e. The van der Waals surface area contributed by atoms with Crippen molar-refractivity contribution in [3.63, 3.8) is 0 Å². The highest BCUT2D eigenvalue weighted by atomic mass is 35.5. The molecule has 0 unspecified atom stereocenters. The Kier molecular flexibility index (Phi) is 4.36. The lowest BCUT2D eigenvalue weighted by molar-refractivity contribution is -0.135. The van der Waals surface area contributed by atoms with Gasteiger partial charge in [-0.3, -0.25) is 9.59 Å². The third-order valence-corrected chi connectivity index (χ3v) is 2.90. The molecule has 0 radical (unpaired) electrons. The second-order valence-electron chi connectivity index (χ2n) is 4.26. The quantitative estimate of drug-likeness (QED) is 0.875. The van der Waals surface area contributed by atoms with Gasteiger partial charge in [-0.05, 0) is 24.6 Å². The number of aryl methyl sites for hydroxylation is 1. The smallest absolute Gasteiger partial charge is 0.294 e. The van der Waals surface area contributed by atoms with E-state index in [9.17, 15) is 9.59 Å². The molecule has 1 aromatic carbocycles. The Labute approximate surface area is 125 Å². The normalized spacial score (nSPS) is 11.5. The number of rotatable bonds is 4. The van der Waals surface area contributed by atoms with E-state index in [0.29, 0.717) is 16.3 Å². The van der Waals surface area contributed by atoms with Gasteiger partial charge < -0.3 is 9.84 Å². The molecule has 21 heavy (non-hydrogen) atoms. The van der Waals surface area contributed by atoms with E-state index in [4.69, 9.17) is 21.4 Å². The maximum absolute atomic E-state index is 12.1. The molecule has 2 rings (SSSR count). The molecule has 7 heteroatoms. The highest BCUT2D eigenvalue weighted by molar-refractivity contribution is 6.43. The Morgan fingerprint density at radius 2 is 2.19 bits per heavy atom. The monoisotopic (exact) mass is 303 g/mol. The summed E-state index contributed by atoms with van der Waals surface area (Å²) in [4.78, 5) is 23.9. The van der Waals surface area contributed by atoms with Crippen molar-refractivity contribution in [1.82, 2.24) is 5.16 Å². The number of Topliss-reactive ketones (excluding diaryl/α,β-unsaturated/α-hetero) is 1. The molecule has 0 saturated heterocycles. The highest BCUT2D eigenvalue weighted by Gasteiger charge is 2.27. The SMILES string of the molecule is Cc1cc(NC(=O)C(=O)[C@H](C#N)c2cccc(Cl)c2)no1. The van der Waals surface area contributed by atoms with Crippen LogP contribution in [0.5, 0.6) is 0 Å². The molecule has 1 atom stereocenters. The fraction of sp³-hybridized carbons (Fsp3) is 0.143. The molecule has 0 aliphatic heterocycles. The lowest BCUT2D eigenvalue weighted by atomic mass is 9.96. The molecule has 0 aliphatic rings. The lowest BCUT2D eigenvalue weighted by Gasteiger charge is -2.08. The molecule has 1 aromatic heterocycles. The first kappa shape index (κ1) is 14.8. The first-order valence-corrected chi connectivity index (χ1v) is 6.32. The van der Waals surface area contributed by atoms with Crippen LogP contribution >= 0.6 is 11.6 Å². The molecule has 1 heterocycles.